The van der Waals surface area contributed by atoms with Crippen molar-refractivity contribution in [2.45, 2.75) is 40.0 Å². The Hall–Kier alpha value is -2.89. The Morgan fingerprint density at radius 1 is 1.15 bits per heavy atom. The van der Waals surface area contributed by atoms with Gasteiger partial charge in [-0.05, 0) is 50.8 Å². The molecule has 0 spiro atoms. The first-order chi connectivity index (χ1) is 13.1. The van der Waals surface area contributed by atoms with E-state index in [-0.39, 0.29) is 5.91 Å². The Morgan fingerprint density at radius 3 is 2.52 bits per heavy atom. The number of fused-ring (bicyclic) bond motifs is 1. The smallest absolute Gasteiger partial charge is 0.260 e. The Kier molecular flexibility index (Phi) is 4.56. The summed E-state index contributed by atoms with van der Waals surface area (Å²) in [5.74, 6) is 1.83. The van der Waals surface area contributed by atoms with Crippen LogP contribution in [0.25, 0.3) is 11.1 Å². The van der Waals surface area contributed by atoms with Crippen LogP contribution in [0.5, 0.6) is 0 Å². The van der Waals surface area contributed by atoms with E-state index in [9.17, 15) is 4.79 Å². The molecule has 1 saturated heterocycles. The number of carbonyl (C=O) groups excluding carboxylic acids is 1. The predicted octanol–water partition coefficient (Wildman–Crippen LogP) is 4.25. The lowest BCUT2D eigenvalue weighted by atomic mass is 10.1. The van der Waals surface area contributed by atoms with Gasteiger partial charge >= 0.3 is 0 Å². The molecule has 1 aliphatic rings. The maximum absolute atomic E-state index is 13.1. The van der Waals surface area contributed by atoms with Crippen LogP contribution in [-0.2, 0) is 6.42 Å². The van der Waals surface area contributed by atoms with Gasteiger partial charge in [-0.25, -0.2) is 4.98 Å². The Labute approximate surface area is 158 Å². The first-order valence-corrected chi connectivity index (χ1v) is 9.49. The van der Waals surface area contributed by atoms with E-state index in [1.165, 1.54) is 5.56 Å². The van der Waals surface area contributed by atoms with Crippen molar-refractivity contribution < 1.29 is 9.21 Å². The number of furan rings is 1. The number of rotatable bonds is 4. The first-order valence-electron chi connectivity index (χ1n) is 9.49. The highest BCUT2D eigenvalue weighted by atomic mass is 16.3. The lowest BCUT2D eigenvalue weighted by molar-refractivity contribution is 0.102. The summed E-state index contributed by atoms with van der Waals surface area (Å²) in [4.78, 5) is 24.4. The summed E-state index contributed by atoms with van der Waals surface area (Å²) in [6.07, 6.45) is 3.23. The molecule has 0 saturated carbocycles. The summed E-state index contributed by atoms with van der Waals surface area (Å²) >= 11 is 0. The normalized spacial score (nSPS) is 14.1. The van der Waals surface area contributed by atoms with Crippen molar-refractivity contribution in [2.24, 2.45) is 0 Å². The van der Waals surface area contributed by atoms with Gasteiger partial charge in [-0.15, -0.1) is 0 Å². The first kappa shape index (κ1) is 17.5. The number of benzene rings is 1. The second kappa shape index (κ2) is 7.02. The second-order valence-electron chi connectivity index (χ2n) is 7.01. The third-order valence-electron chi connectivity index (χ3n) is 5.07. The standard InChI is InChI=1S/C21H24N4O2/c1-4-15-7-9-16(10-8-15)24-20(26)17-13(2)27-21-18(17)19(22-14(3)23-21)25-11-5-6-12-25/h7-10H,4-6,11-12H2,1-3H3,(H,24,26). The van der Waals surface area contributed by atoms with E-state index in [2.05, 4.69) is 27.1 Å². The molecule has 0 bridgehead atoms. The highest BCUT2D eigenvalue weighted by Gasteiger charge is 2.27. The number of carbonyl (C=O) groups is 1. The van der Waals surface area contributed by atoms with Crippen LogP contribution in [-0.4, -0.2) is 29.0 Å². The summed E-state index contributed by atoms with van der Waals surface area (Å²) in [5, 5.41) is 3.70. The van der Waals surface area contributed by atoms with Crippen LogP contribution in [0.3, 0.4) is 0 Å². The summed E-state index contributed by atoms with van der Waals surface area (Å²) < 4.78 is 5.84. The molecule has 6 nitrogen and oxygen atoms in total. The van der Waals surface area contributed by atoms with E-state index >= 15 is 0 Å². The number of aryl methyl sites for hydroxylation is 3. The van der Waals surface area contributed by atoms with Crippen LogP contribution < -0.4 is 10.2 Å². The second-order valence-corrected chi connectivity index (χ2v) is 7.01. The maximum Gasteiger partial charge on any atom is 0.260 e. The average Bonchev–Trinajstić information content (AvgIpc) is 3.28. The van der Waals surface area contributed by atoms with Crippen LogP contribution in [0, 0.1) is 13.8 Å². The van der Waals surface area contributed by atoms with Crippen LogP contribution in [0.15, 0.2) is 28.7 Å². The van der Waals surface area contributed by atoms with Crippen molar-refractivity contribution >= 4 is 28.5 Å². The SMILES string of the molecule is CCc1ccc(NC(=O)c2c(C)oc3nc(C)nc(N4CCCC4)c23)cc1. The molecule has 1 amide bonds. The van der Waals surface area contributed by atoms with Gasteiger partial charge in [0.05, 0.1) is 10.9 Å². The van der Waals surface area contributed by atoms with Crippen molar-refractivity contribution in [1.29, 1.82) is 0 Å². The quantitative estimate of drug-likeness (QED) is 0.749. The van der Waals surface area contributed by atoms with Crippen LogP contribution in [0.2, 0.25) is 0 Å². The molecule has 4 rings (SSSR count). The van der Waals surface area contributed by atoms with Gasteiger partial charge in [-0.1, -0.05) is 19.1 Å². The fourth-order valence-corrected chi connectivity index (χ4v) is 3.65. The Balaban J connectivity index is 1.75. The molecule has 3 heterocycles. The molecule has 1 aliphatic heterocycles. The van der Waals surface area contributed by atoms with Crippen molar-refractivity contribution in [1.82, 2.24) is 9.97 Å². The minimum Gasteiger partial charge on any atom is -0.442 e. The van der Waals surface area contributed by atoms with Crippen molar-refractivity contribution in [3.8, 4) is 0 Å². The van der Waals surface area contributed by atoms with Crippen molar-refractivity contribution in [3.05, 3.63) is 47.0 Å². The molecule has 27 heavy (non-hydrogen) atoms. The van der Waals surface area contributed by atoms with Crippen LogP contribution in [0.1, 0.15) is 47.3 Å². The fraction of sp³-hybridized carbons (Fsp3) is 0.381. The highest BCUT2D eigenvalue weighted by Crippen LogP contribution is 2.33. The molecule has 2 aromatic heterocycles. The fourth-order valence-electron chi connectivity index (χ4n) is 3.65. The topological polar surface area (TPSA) is 71.3 Å². The molecule has 0 atom stereocenters. The molecule has 0 aliphatic carbocycles. The molecule has 1 aromatic carbocycles. The summed E-state index contributed by atoms with van der Waals surface area (Å²) in [7, 11) is 0. The third kappa shape index (κ3) is 3.27. The van der Waals surface area contributed by atoms with Crippen molar-refractivity contribution in [3.63, 3.8) is 0 Å². The van der Waals surface area contributed by atoms with Crippen LogP contribution >= 0.6 is 0 Å². The molecule has 3 aromatic rings. The minimum absolute atomic E-state index is 0.191. The van der Waals surface area contributed by atoms with Crippen molar-refractivity contribution in [2.75, 3.05) is 23.3 Å². The molecule has 6 heteroatoms. The summed E-state index contributed by atoms with van der Waals surface area (Å²) in [6.45, 7) is 7.65. The van der Waals surface area contributed by atoms with Gasteiger partial charge in [-0.2, -0.15) is 4.98 Å². The van der Waals surface area contributed by atoms with Gasteiger partial charge in [0.1, 0.15) is 17.4 Å². The Morgan fingerprint density at radius 2 is 1.85 bits per heavy atom. The largest absolute Gasteiger partial charge is 0.442 e. The van der Waals surface area contributed by atoms with Gasteiger partial charge < -0.3 is 14.6 Å². The zero-order valence-electron chi connectivity index (χ0n) is 16.0. The van der Waals surface area contributed by atoms with E-state index < -0.39 is 0 Å². The zero-order valence-corrected chi connectivity index (χ0v) is 16.0. The number of amides is 1. The molecular formula is C21H24N4O2. The molecule has 1 N–H and O–H groups in total. The zero-order chi connectivity index (χ0) is 19.0. The van der Waals surface area contributed by atoms with Gasteiger partial charge in [0.2, 0.25) is 5.71 Å². The average molecular weight is 364 g/mol. The molecule has 0 unspecified atom stereocenters. The molecule has 1 fully saturated rings. The van der Waals surface area contributed by atoms with Crippen LogP contribution in [0.4, 0.5) is 11.5 Å². The van der Waals surface area contributed by atoms with E-state index in [4.69, 9.17) is 4.42 Å². The monoisotopic (exact) mass is 364 g/mol. The number of anilines is 2. The maximum atomic E-state index is 13.1. The Bertz CT molecular complexity index is 986. The van der Waals surface area contributed by atoms with E-state index in [1.54, 1.807) is 6.92 Å². The van der Waals surface area contributed by atoms with Gasteiger partial charge in [0.25, 0.3) is 5.91 Å². The van der Waals surface area contributed by atoms with Gasteiger partial charge in [0.15, 0.2) is 0 Å². The van der Waals surface area contributed by atoms with E-state index in [0.29, 0.717) is 28.2 Å². The minimum atomic E-state index is -0.191. The number of hydrogen-bond donors (Lipinski definition) is 1. The lowest BCUT2D eigenvalue weighted by Gasteiger charge is -2.18. The molecule has 140 valence electrons. The summed E-state index contributed by atoms with van der Waals surface area (Å²) in [6, 6.07) is 7.91. The summed E-state index contributed by atoms with van der Waals surface area (Å²) in [5.41, 5.74) is 3.00. The highest BCUT2D eigenvalue weighted by molar-refractivity contribution is 6.15. The molecule has 0 radical (unpaired) electrons. The number of hydrogen-bond acceptors (Lipinski definition) is 5. The third-order valence-corrected chi connectivity index (χ3v) is 5.07. The lowest BCUT2D eigenvalue weighted by Crippen LogP contribution is -2.21. The number of aromatic nitrogens is 2. The van der Waals surface area contributed by atoms with E-state index in [0.717, 1.165) is 43.9 Å². The predicted molar refractivity (Wildman–Crippen MR) is 106 cm³/mol. The number of nitrogens with one attached hydrogen (secondary N) is 1. The molecular weight excluding hydrogens is 340 g/mol. The van der Waals surface area contributed by atoms with E-state index in [1.807, 2.05) is 31.2 Å². The van der Waals surface area contributed by atoms with Gasteiger partial charge in [0, 0.05) is 18.8 Å². The van der Waals surface area contributed by atoms with Gasteiger partial charge in [-0.3, -0.25) is 4.79 Å². The number of nitrogens with zero attached hydrogens (tertiary/aromatic N) is 3.